The van der Waals surface area contributed by atoms with E-state index in [2.05, 4.69) is 135 Å². The van der Waals surface area contributed by atoms with Gasteiger partial charge in [0.15, 0.2) is 0 Å². The van der Waals surface area contributed by atoms with Crippen LogP contribution in [0.25, 0.3) is 84.1 Å². The van der Waals surface area contributed by atoms with Crippen molar-refractivity contribution in [2.24, 2.45) is 0 Å². The van der Waals surface area contributed by atoms with Gasteiger partial charge in [-0.2, -0.15) is 0 Å². The van der Waals surface area contributed by atoms with Gasteiger partial charge in [0.05, 0.1) is 0 Å². The second-order valence-electron chi connectivity index (χ2n) is 11.4. The molecule has 2 heterocycles. The second-order valence-corrected chi connectivity index (χ2v) is 13.5. The summed E-state index contributed by atoms with van der Waals surface area (Å²) >= 11 is 3.81. The van der Waals surface area contributed by atoms with Crippen LogP contribution in [0.15, 0.2) is 121 Å². The van der Waals surface area contributed by atoms with Crippen molar-refractivity contribution in [3.05, 3.63) is 132 Å². The van der Waals surface area contributed by atoms with E-state index in [4.69, 9.17) is 0 Å². The number of hydrogen-bond donors (Lipinski definition) is 0. The van der Waals surface area contributed by atoms with Gasteiger partial charge in [0.25, 0.3) is 0 Å². The molecular weight excluding hydrogens is 545 g/mol. The Bertz CT molecular complexity index is 2540. The summed E-state index contributed by atoms with van der Waals surface area (Å²) in [6.07, 6.45) is 0. The lowest BCUT2D eigenvalue weighted by Crippen LogP contribution is -1.90. The van der Waals surface area contributed by atoms with E-state index in [0.717, 1.165) is 0 Å². The van der Waals surface area contributed by atoms with Crippen LogP contribution in [0.4, 0.5) is 0 Å². The largest absolute Gasteiger partial charge is 0.135 e. The standard InChI is InChI=1S/C40H26S2/c1-23-10-3-4-11-26(23)31-20-32-25(18-24(31)2)19-33(30-15-9-14-29-27-12-5-8-17-38(27)42-40(29)30)34-21-36-28-13-6-7-16-37(28)41-39(36)22-35(32)34/h3-22H,1-2H3. The summed E-state index contributed by atoms with van der Waals surface area (Å²) in [6.45, 7) is 4.47. The predicted molar refractivity (Wildman–Crippen MR) is 188 cm³/mol. The maximum atomic E-state index is 2.47. The highest BCUT2D eigenvalue weighted by atomic mass is 32.1. The summed E-state index contributed by atoms with van der Waals surface area (Å²) in [5.41, 5.74) is 7.88. The van der Waals surface area contributed by atoms with Crippen LogP contribution in [-0.2, 0) is 0 Å². The van der Waals surface area contributed by atoms with Gasteiger partial charge in [-0.05, 0) is 99.6 Å². The summed E-state index contributed by atoms with van der Waals surface area (Å²) in [4.78, 5) is 0. The molecule has 0 radical (unpaired) electrons. The van der Waals surface area contributed by atoms with Crippen molar-refractivity contribution in [2.75, 3.05) is 0 Å². The maximum absolute atomic E-state index is 2.47. The molecule has 42 heavy (non-hydrogen) atoms. The fourth-order valence-corrected chi connectivity index (χ4v) is 9.24. The number of fused-ring (bicyclic) bond motifs is 9. The molecule has 0 N–H and O–H groups in total. The molecule has 0 aliphatic rings. The fraction of sp³-hybridized carbons (Fsp3) is 0.0500. The Morgan fingerprint density at radius 3 is 1.88 bits per heavy atom. The average Bonchev–Trinajstić information content (AvgIpc) is 3.58. The van der Waals surface area contributed by atoms with Gasteiger partial charge in [0.2, 0.25) is 0 Å². The monoisotopic (exact) mass is 570 g/mol. The number of benzene rings is 7. The molecule has 0 bridgehead atoms. The zero-order valence-corrected chi connectivity index (χ0v) is 25.0. The van der Waals surface area contributed by atoms with Crippen LogP contribution in [0.2, 0.25) is 0 Å². The SMILES string of the molecule is Cc1ccccc1-c1cc2c(cc1C)cc(-c1cccc3c1sc1ccccc13)c1cc3c(cc12)sc1ccccc13. The van der Waals surface area contributed by atoms with Crippen molar-refractivity contribution < 1.29 is 0 Å². The zero-order valence-electron chi connectivity index (χ0n) is 23.4. The van der Waals surface area contributed by atoms with Crippen LogP contribution in [0.3, 0.4) is 0 Å². The number of aryl methyl sites for hydroxylation is 2. The minimum atomic E-state index is 1.30. The molecule has 0 saturated heterocycles. The van der Waals surface area contributed by atoms with Crippen molar-refractivity contribution >= 4 is 84.6 Å². The van der Waals surface area contributed by atoms with Crippen molar-refractivity contribution in [1.29, 1.82) is 0 Å². The summed E-state index contributed by atoms with van der Waals surface area (Å²) < 4.78 is 5.40. The van der Waals surface area contributed by atoms with E-state index in [1.165, 1.54) is 95.3 Å². The Kier molecular flexibility index (Phi) is 5.17. The van der Waals surface area contributed by atoms with Crippen LogP contribution >= 0.6 is 22.7 Å². The smallest absolute Gasteiger partial charge is 0.0434 e. The minimum absolute atomic E-state index is 1.30. The van der Waals surface area contributed by atoms with Gasteiger partial charge >= 0.3 is 0 Å². The molecule has 2 heteroatoms. The van der Waals surface area contributed by atoms with Crippen LogP contribution in [0.5, 0.6) is 0 Å². The lowest BCUT2D eigenvalue weighted by Gasteiger charge is -2.16. The van der Waals surface area contributed by atoms with Crippen LogP contribution in [0.1, 0.15) is 11.1 Å². The van der Waals surface area contributed by atoms with Crippen molar-refractivity contribution in [3.63, 3.8) is 0 Å². The Morgan fingerprint density at radius 1 is 0.357 bits per heavy atom. The van der Waals surface area contributed by atoms with E-state index in [1.54, 1.807) is 0 Å². The van der Waals surface area contributed by atoms with E-state index in [0.29, 0.717) is 0 Å². The fourth-order valence-electron chi connectivity index (χ4n) is 6.88. The van der Waals surface area contributed by atoms with Gasteiger partial charge in [-0.1, -0.05) is 84.9 Å². The van der Waals surface area contributed by atoms with Gasteiger partial charge in [-0.3, -0.25) is 0 Å². The molecule has 9 rings (SSSR count). The Morgan fingerprint density at radius 2 is 1.05 bits per heavy atom. The summed E-state index contributed by atoms with van der Waals surface area (Å²) in [5, 5.41) is 10.6. The van der Waals surface area contributed by atoms with Crippen molar-refractivity contribution in [3.8, 4) is 22.3 Å². The number of thiophene rings is 2. The first-order valence-electron chi connectivity index (χ1n) is 14.4. The number of rotatable bonds is 2. The van der Waals surface area contributed by atoms with Crippen molar-refractivity contribution in [2.45, 2.75) is 13.8 Å². The minimum Gasteiger partial charge on any atom is -0.135 e. The molecular formula is C40H26S2. The van der Waals surface area contributed by atoms with Gasteiger partial charge < -0.3 is 0 Å². The molecule has 0 nitrogen and oxygen atoms in total. The molecule has 0 aliphatic heterocycles. The molecule has 0 fully saturated rings. The van der Waals surface area contributed by atoms with E-state index in [-0.39, 0.29) is 0 Å². The maximum Gasteiger partial charge on any atom is 0.0434 e. The predicted octanol–water partition coefficient (Wildman–Crippen LogP) is 12.7. The first kappa shape index (κ1) is 24.1. The molecule has 0 unspecified atom stereocenters. The summed E-state index contributed by atoms with van der Waals surface area (Å²) in [5.74, 6) is 0. The lowest BCUT2D eigenvalue weighted by molar-refractivity contribution is 1.42. The van der Waals surface area contributed by atoms with Gasteiger partial charge in [0, 0.05) is 45.9 Å². The highest BCUT2D eigenvalue weighted by Gasteiger charge is 2.18. The molecule has 7 aromatic carbocycles. The summed E-state index contributed by atoms with van der Waals surface area (Å²) in [7, 11) is 0. The molecule has 0 saturated carbocycles. The highest BCUT2D eigenvalue weighted by Crippen LogP contribution is 2.46. The number of hydrogen-bond acceptors (Lipinski definition) is 2. The molecule has 2 aromatic heterocycles. The molecule has 9 aromatic rings. The molecule has 0 spiro atoms. The molecule has 0 amide bonds. The molecule has 198 valence electrons. The first-order chi connectivity index (χ1) is 20.6. The third-order valence-electron chi connectivity index (χ3n) is 8.92. The third-order valence-corrected chi connectivity index (χ3v) is 11.3. The molecule has 0 aliphatic carbocycles. The Balaban J connectivity index is 1.45. The van der Waals surface area contributed by atoms with Crippen molar-refractivity contribution in [1.82, 2.24) is 0 Å². The Hall–Kier alpha value is -4.50. The second kappa shape index (κ2) is 9.00. The van der Waals surface area contributed by atoms with Gasteiger partial charge in [-0.25, -0.2) is 0 Å². The van der Waals surface area contributed by atoms with Crippen LogP contribution < -0.4 is 0 Å². The normalized spacial score (nSPS) is 12.0. The van der Waals surface area contributed by atoms with E-state index in [1.807, 2.05) is 22.7 Å². The van der Waals surface area contributed by atoms with E-state index < -0.39 is 0 Å². The van der Waals surface area contributed by atoms with Gasteiger partial charge in [0.1, 0.15) is 0 Å². The average molecular weight is 571 g/mol. The first-order valence-corrected chi connectivity index (χ1v) is 16.1. The third kappa shape index (κ3) is 3.46. The van der Waals surface area contributed by atoms with E-state index in [9.17, 15) is 0 Å². The summed E-state index contributed by atoms with van der Waals surface area (Å²) in [6, 6.07) is 45.5. The topological polar surface area (TPSA) is 0 Å². The quantitative estimate of drug-likeness (QED) is 0.181. The zero-order chi connectivity index (χ0) is 27.9. The van der Waals surface area contributed by atoms with Gasteiger partial charge in [-0.15, -0.1) is 22.7 Å². The molecule has 0 atom stereocenters. The van der Waals surface area contributed by atoms with E-state index >= 15 is 0 Å². The highest BCUT2D eigenvalue weighted by molar-refractivity contribution is 7.26. The van der Waals surface area contributed by atoms with Crippen LogP contribution in [0, 0.1) is 13.8 Å². The van der Waals surface area contributed by atoms with Crippen LogP contribution in [-0.4, -0.2) is 0 Å². The lowest BCUT2D eigenvalue weighted by atomic mass is 9.88. The Labute approximate surface area is 252 Å².